The molecule has 1 atom stereocenters. The van der Waals surface area contributed by atoms with E-state index < -0.39 is 5.97 Å². The fourth-order valence-electron chi connectivity index (χ4n) is 1.02. The van der Waals surface area contributed by atoms with Crippen molar-refractivity contribution in [3.8, 4) is 0 Å². The molecule has 0 saturated heterocycles. The topological polar surface area (TPSA) is 55.1 Å². The molecule has 0 aromatic carbocycles. The lowest BCUT2D eigenvalue weighted by molar-refractivity contribution is -0.141. The summed E-state index contributed by atoms with van der Waals surface area (Å²) < 4.78 is 1.67. The smallest absolute Gasteiger partial charge is 0.306 e. The van der Waals surface area contributed by atoms with Crippen molar-refractivity contribution < 1.29 is 9.90 Å². The van der Waals surface area contributed by atoms with Gasteiger partial charge in [0, 0.05) is 13.2 Å². The van der Waals surface area contributed by atoms with Gasteiger partial charge in [0.25, 0.3) is 0 Å². The molecule has 1 aromatic rings. The van der Waals surface area contributed by atoms with Crippen LogP contribution in [0.5, 0.6) is 0 Å². The number of aromatic nitrogens is 2. The Morgan fingerprint density at radius 3 is 2.92 bits per heavy atom. The van der Waals surface area contributed by atoms with Gasteiger partial charge in [-0.3, -0.25) is 9.48 Å². The fraction of sp³-hybridized carbons (Fsp3) is 0.500. The van der Waals surface area contributed by atoms with Gasteiger partial charge in [-0.1, -0.05) is 6.92 Å². The van der Waals surface area contributed by atoms with Crippen molar-refractivity contribution >= 4 is 5.97 Å². The number of aryl methyl sites for hydroxylation is 1. The van der Waals surface area contributed by atoms with Gasteiger partial charge < -0.3 is 5.11 Å². The summed E-state index contributed by atoms with van der Waals surface area (Å²) in [6, 6.07) is 0. The highest BCUT2D eigenvalue weighted by molar-refractivity contribution is 5.69. The summed E-state index contributed by atoms with van der Waals surface area (Å²) in [6.45, 7) is 1.69. The van der Waals surface area contributed by atoms with Crippen molar-refractivity contribution in [3.05, 3.63) is 18.0 Å². The SMILES string of the molecule is C[C@@H](Cc1cnn(C)c1)C(=O)O. The molecule has 1 heterocycles. The lowest BCUT2D eigenvalue weighted by Crippen LogP contribution is -2.11. The van der Waals surface area contributed by atoms with Gasteiger partial charge in [0.15, 0.2) is 0 Å². The molecule has 0 aliphatic heterocycles. The molecule has 0 spiro atoms. The van der Waals surface area contributed by atoms with Crippen LogP contribution in [0.4, 0.5) is 0 Å². The van der Waals surface area contributed by atoms with E-state index in [1.807, 2.05) is 13.2 Å². The average Bonchev–Trinajstić information content (AvgIpc) is 2.35. The summed E-state index contributed by atoms with van der Waals surface area (Å²) in [5, 5.41) is 12.6. The molecule has 1 aromatic heterocycles. The largest absolute Gasteiger partial charge is 0.481 e. The van der Waals surface area contributed by atoms with Crippen LogP contribution in [0.2, 0.25) is 0 Å². The van der Waals surface area contributed by atoms with Gasteiger partial charge in [-0.15, -0.1) is 0 Å². The minimum atomic E-state index is -0.765. The zero-order chi connectivity index (χ0) is 9.14. The van der Waals surface area contributed by atoms with E-state index in [-0.39, 0.29) is 5.92 Å². The standard InChI is InChI=1S/C8H12N2O2/c1-6(8(11)12)3-7-4-9-10(2)5-7/h4-6H,3H2,1-2H3,(H,11,12)/t6-/m0/s1. The van der Waals surface area contributed by atoms with E-state index in [2.05, 4.69) is 5.10 Å². The van der Waals surface area contributed by atoms with Gasteiger partial charge in [-0.2, -0.15) is 5.10 Å². The summed E-state index contributed by atoms with van der Waals surface area (Å²) in [5.74, 6) is -1.10. The molecule has 0 bridgehead atoms. The molecular formula is C8H12N2O2. The highest BCUT2D eigenvalue weighted by Crippen LogP contribution is 2.06. The van der Waals surface area contributed by atoms with Gasteiger partial charge in [-0.25, -0.2) is 0 Å². The Kier molecular flexibility index (Phi) is 2.47. The zero-order valence-electron chi connectivity index (χ0n) is 7.19. The van der Waals surface area contributed by atoms with Gasteiger partial charge in [-0.05, 0) is 12.0 Å². The molecule has 0 aliphatic rings. The number of hydrogen-bond donors (Lipinski definition) is 1. The maximum atomic E-state index is 10.5. The Hall–Kier alpha value is -1.32. The zero-order valence-corrected chi connectivity index (χ0v) is 7.19. The minimum absolute atomic E-state index is 0.339. The number of nitrogens with zero attached hydrogens (tertiary/aromatic N) is 2. The third kappa shape index (κ3) is 2.08. The normalized spacial score (nSPS) is 12.8. The Bertz CT molecular complexity index is 280. The molecule has 0 unspecified atom stereocenters. The molecule has 4 nitrogen and oxygen atoms in total. The second-order valence-corrected chi connectivity index (χ2v) is 2.97. The van der Waals surface area contributed by atoms with Crippen LogP contribution in [-0.2, 0) is 18.3 Å². The average molecular weight is 168 g/mol. The lowest BCUT2D eigenvalue weighted by Gasteiger charge is -2.01. The van der Waals surface area contributed by atoms with Crippen LogP contribution in [0.15, 0.2) is 12.4 Å². The van der Waals surface area contributed by atoms with Crippen LogP contribution in [-0.4, -0.2) is 20.9 Å². The van der Waals surface area contributed by atoms with Crippen LogP contribution in [0.1, 0.15) is 12.5 Å². The van der Waals surface area contributed by atoms with Gasteiger partial charge in [0.05, 0.1) is 12.1 Å². The molecule has 1 N–H and O–H groups in total. The van der Waals surface area contributed by atoms with Gasteiger partial charge >= 0.3 is 5.97 Å². The maximum Gasteiger partial charge on any atom is 0.306 e. The fourth-order valence-corrected chi connectivity index (χ4v) is 1.02. The van der Waals surface area contributed by atoms with Crippen LogP contribution in [0.25, 0.3) is 0 Å². The van der Waals surface area contributed by atoms with Crippen LogP contribution >= 0.6 is 0 Å². The van der Waals surface area contributed by atoms with E-state index in [9.17, 15) is 4.79 Å². The number of carboxylic acids is 1. The maximum absolute atomic E-state index is 10.5. The first-order valence-electron chi connectivity index (χ1n) is 3.80. The number of carboxylic acid groups (broad SMARTS) is 1. The van der Waals surface area contributed by atoms with Crippen molar-refractivity contribution in [2.45, 2.75) is 13.3 Å². The van der Waals surface area contributed by atoms with E-state index in [0.29, 0.717) is 6.42 Å². The third-order valence-corrected chi connectivity index (χ3v) is 1.72. The predicted molar refractivity (Wildman–Crippen MR) is 43.7 cm³/mol. The van der Waals surface area contributed by atoms with E-state index in [4.69, 9.17) is 5.11 Å². The van der Waals surface area contributed by atoms with Crippen molar-refractivity contribution in [3.63, 3.8) is 0 Å². The molecule has 0 amide bonds. The summed E-state index contributed by atoms with van der Waals surface area (Å²) in [6.07, 6.45) is 4.07. The number of aliphatic carboxylic acids is 1. The minimum Gasteiger partial charge on any atom is -0.481 e. The first kappa shape index (κ1) is 8.77. The first-order chi connectivity index (χ1) is 5.59. The Morgan fingerprint density at radius 1 is 1.83 bits per heavy atom. The van der Waals surface area contributed by atoms with Crippen LogP contribution < -0.4 is 0 Å². The van der Waals surface area contributed by atoms with Crippen molar-refractivity contribution in [1.29, 1.82) is 0 Å². The quantitative estimate of drug-likeness (QED) is 0.722. The predicted octanol–water partition coefficient (Wildman–Crippen LogP) is 0.683. The monoisotopic (exact) mass is 168 g/mol. The molecule has 0 aliphatic carbocycles. The van der Waals surface area contributed by atoms with E-state index in [1.54, 1.807) is 17.8 Å². The molecule has 12 heavy (non-hydrogen) atoms. The number of hydrogen-bond acceptors (Lipinski definition) is 2. The van der Waals surface area contributed by atoms with E-state index in [1.165, 1.54) is 0 Å². The van der Waals surface area contributed by atoms with Crippen molar-refractivity contribution in [2.24, 2.45) is 13.0 Å². The summed E-state index contributed by atoms with van der Waals surface area (Å²) in [4.78, 5) is 10.5. The molecule has 4 heteroatoms. The molecule has 1 rings (SSSR count). The van der Waals surface area contributed by atoms with Crippen LogP contribution in [0.3, 0.4) is 0 Å². The van der Waals surface area contributed by atoms with E-state index in [0.717, 1.165) is 5.56 Å². The highest BCUT2D eigenvalue weighted by Gasteiger charge is 2.11. The molecular weight excluding hydrogens is 156 g/mol. The summed E-state index contributed by atoms with van der Waals surface area (Å²) in [7, 11) is 1.81. The van der Waals surface area contributed by atoms with E-state index >= 15 is 0 Å². The summed E-state index contributed by atoms with van der Waals surface area (Å²) in [5.41, 5.74) is 0.965. The Labute approximate surface area is 70.8 Å². The van der Waals surface area contributed by atoms with Gasteiger partial charge in [0.1, 0.15) is 0 Å². The highest BCUT2D eigenvalue weighted by atomic mass is 16.4. The summed E-state index contributed by atoms with van der Waals surface area (Å²) >= 11 is 0. The second kappa shape index (κ2) is 3.38. The van der Waals surface area contributed by atoms with Crippen LogP contribution in [0, 0.1) is 5.92 Å². The molecule has 0 saturated carbocycles. The van der Waals surface area contributed by atoms with Crippen molar-refractivity contribution in [2.75, 3.05) is 0 Å². The number of carbonyl (C=O) groups is 1. The molecule has 66 valence electrons. The number of rotatable bonds is 3. The Balaban J connectivity index is 2.58. The lowest BCUT2D eigenvalue weighted by atomic mass is 10.0. The molecule has 0 fully saturated rings. The van der Waals surface area contributed by atoms with Crippen molar-refractivity contribution in [1.82, 2.24) is 9.78 Å². The third-order valence-electron chi connectivity index (χ3n) is 1.72. The van der Waals surface area contributed by atoms with Gasteiger partial charge in [0.2, 0.25) is 0 Å². The second-order valence-electron chi connectivity index (χ2n) is 2.97. The first-order valence-corrected chi connectivity index (χ1v) is 3.80. The molecule has 0 radical (unpaired) electrons. The Morgan fingerprint density at radius 2 is 2.50 bits per heavy atom.